The molecule has 0 aliphatic rings. The second kappa shape index (κ2) is 10.0. The highest BCUT2D eigenvalue weighted by atomic mass is 35.5. The highest BCUT2D eigenvalue weighted by Gasteiger charge is 2.08. The zero-order valence-electron chi connectivity index (χ0n) is 16.2. The van der Waals surface area contributed by atoms with Crippen molar-refractivity contribution < 1.29 is 4.79 Å². The van der Waals surface area contributed by atoms with Crippen LogP contribution in [-0.2, 0) is 17.9 Å². The topological polar surface area (TPSA) is 67.2 Å². The summed E-state index contributed by atoms with van der Waals surface area (Å²) in [4.78, 5) is 26.4. The molecule has 0 fully saturated rings. The lowest BCUT2D eigenvalue weighted by atomic mass is 10.1. The molecule has 0 spiro atoms. The van der Waals surface area contributed by atoms with E-state index in [1.807, 2.05) is 37.4 Å². The third kappa shape index (κ3) is 6.27. The summed E-state index contributed by atoms with van der Waals surface area (Å²) < 4.78 is 1.17. The van der Waals surface area contributed by atoms with E-state index in [0.29, 0.717) is 23.8 Å². The largest absolute Gasteiger partial charge is 0.353 e. The molecule has 0 aliphatic carbocycles. The summed E-state index contributed by atoms with van der Waals surface area (Å²) in [5.41, 5.74) is 2.33. The van der Waals surface area contributed by atoms with Gasteiger partial charge in [0.05, 0.1) is 5.69 Å². The van der Waals surface area contributed by atoms with Gasteiger partial charge < -0.3 is 10.2 Å². The van der Waals surface area contributed by atoms with Crippen LogP contribution in [0.25, 0.3) is 11.3 Å². The fourth-order valence-corrected chi connectivity index (χ4v) is 3.02. The Hall–Kier alpha value is -2.96. The van der Waals surface area contributed by atoms with Crippen molar-refractivity contribution in [2.24, 2.45) is 0 Å². The van der Waals surface area contributed by atoms with Gasteiger partial charge in [0.15, 0.2) is 0 Å². The van der Waals surface area contributed by atoms with E-state index in [1.54, 1.807) is 18.2 Å². The average molecular weight is 411 g/mol. The third-order valence-electron chi connectivity index (χ3n) is 4.41. The van der Waals surface area contributed by atoms with Crippen LogP contribution in [0.2, 0.25) is 5.02 Å². The number of aromatic nitrogens is 2. The number of hydrogen-bond donors (Lipinski definition) is 1. The lowest BCUT2D eigenvalue weighted by Gasteiger charge is -2.17. The molecule has 29 heavy (non-hydrogen) atoms. The molecule has 1 aromatic heterocycles. The molecule has 2 aromatic carbocycles. The van der Waals surface area contributed by atoms with Crippen LogP contribution in [-0.4, -0.2) is 40.7 Å². The number of rotatable bonds is 8. The molecular weight excluding hydrogens is 388 g/mol. The van der Waals surface area contributed by atoms with Gasteiger partial charge in [-0.15, -0.1) is 0 Å². The molecule has 0 aliphatic heterocycles. The van der Waals surface area contributed by atoms with E-state index in [2.05, 4.69) is 27.4 Å². The third-order valence-corrected chi connectivity index (χ3v) is 4.66. The van der Waals surface area contributed by atoms with Gasteiger partial charge in [0.1, 0.15) is 6.54 Å². The average Bonchev–Trinajstić information content (AvgIpc) is 2.71. The molecular formula is C22H23ClN4O2. The van der Waals surface area contributed by atoms with E-state index >= 15 is 0 Å². The summed E-state index contributed by atoms with van der Waals surface area (Å²) in [6, 6.07) is 20.4. The van der Waals surface area contributed by atoms with Crippen molar-refractivity contribution >= 4 is 17.5 Å². The summed E-state index contributed by atoms with van der Waals surface area (Å²) in [6.45, 7) is 1.88. The van der Waals surface area contributed by atoms with E-state index in [-0.39, 0.29) is 18.0 Å². The van der Waals surface area contributed by atoms with Gasteiger partial charge in [-0.3, -0.25) is 9.59 Å². The predicted molar refractivity (Wildman–Crippen MR) is 115 cm³/mol. The minimum absolute atomic E-state index is 0.122. The van der Waals surface area contributed by atoms with Crippen LogP contribution >= 0.6 is 11.6 Å². The number of carbonyl (C=O) groups is 1. The molecule has 0 atom stereocenters. The van der Waals surface area contributed by atoms with Crippen molar-refractivity contribution in [2.75, 3.05) is 20.1 Å². The van der Waals surface area contributed by atoms with Crippen molar-refractivity contribution in [2.45, 2.75) is 13.1 Å². The zero-order chi connectivity index (χ0) is 20.6. The van der Waals surface area contributed by atoms with Crippen LogP contribution in [0.3, 0.4) is 0 Å². The zero-order valence-corrected chi connectivity index (χ0v) is 17.0. The molecule has 1 N–H and O–H groups in total. The van der Waals surface area contributed by atoms with Gasteiger partial charge in [-0.25, -0.2) is 4.68 Å². The highest BCUT2D eigenvalue weighted by Crippen LogP contribution is 2.18. The van der Waals surface area contributed by atoms with Crippen LogP contribution in [0.15, 0.2) is 71.5 Å². The van der Waals surface area contributed by atoms with Crippen LogP contribution in [0, 0.1) is 0 Å². The van der Waals surface area contributed by atoms with E-state index in [4.69, 9.17) is 11.6 Å². The van der Waals surface area contributed by atoms with Gasteiger partial charge in [-0.05, 0) is 30.8 Å². The summed E-state index contributed by atoms with van der Waals surface area (Å²) in [6.07, 6.45) is 0. The Balaban J connectivity index is 1.53. The molecule has 150 valence electrons. The van der Waals surface area contributed by atoms with Crippen molar-refractivity contribution in [3.05, 3.63) is 87.7 Å². The summed E-state index contributed by atoms with van der Waals surface area (Å²) >= 11 is 5.91. The Morgan fingerprint density at radius 2 is 1.79 bits per heavy atom. The van der Waals surface area contributed by atoms with Crippen LogP contribution in [0.5, 0.6) is 0 Å². The number of nitrogens with zero attached hydrogens (tertiary/aromatic N) is 3. The first kappa shape index (κ1) is 20.8. The fourth-order valence-electron chi connectivity index (χ4n) is 2.89. The van der Waals surface area contributed by atoms with E-state index in [0.717, 1.165) is 12.1 Å². The van der Waals surface area contributed by atoms with Crippen molar-refractivity contribution in [3.63, 3.8) is 0 Å². The minimum atomic E-state index is -0.320. The molecule has 3 rings (SSSR count). The minimum Gasteiger partial charge on any atom is -0.353 e. The number of hydrogen-bond acceptors (Lipinski definition) is 4. The predicted octanol–water partition coefficient (Wildman–Crippen LogP) is 2.81. The molecule has 0 unspecified atom stereocenters. The number of carbonyl (C=O) groups excluding carboxylic acids is 1. The fraction of sp³-hybridized carbons (Fsp3) is 0.227. The molecule has 1 heterocycles. The smallest absolute Gasteiger partial charge is 0.267 e. The van der Waals surface area contributed by atoms with E-state index < -0.39 is 0 Å². The first-order valence-corrected chi connectivity index (χ1v) is 9.72. The summed E-state index contributed by atoms with van der Waals surface area (Å²) in [5.74, 6) is -0.249. The molecule has 0 saturated heterocycles. The maximum atomic E-state index is 12.3. The van der Waals surface area contributed by atoms with Gasteiger partial charge >= 0.3 is 0 Å². The Labute approximate surface area is 174 Å². The normalized spacial score (nSPS) is 10.9. The van der Waals surface area contributed by atoms with Crippen LogP contribution in [0.4, 0.5) is 0 Å². The second-order valence-corrected chi connectivity index (χ2v) is 7.23. The maximum Gasteiger partial charge on any atom is 0.267 e. The second-order valence-electron chi connectivity index (χ2n) is 6.79. The van der Waals surface area contributed by atoms with Crippen molar-refractivity contribution in [1.29, 1.82) is 0 Å². The number of amides is 1. The molecule has 0 saturated carbocycles. The standard InChI is InChI=1S/C22H23ClN4O2/c1-26(15-17-5-3-2-4-6-17)14-13-24-21(28)16-27-22(29)12-11-20(25-27)18-7-9-19(23)10-8-18/h2-12H,13-16H2,1H3,(H,24,28). The number of likely N-dealkylation sites (N-methyl/N-ethyl adjacent to an activating group) is 1. The van der Waals surface area contributed by atoms with Gasteiger partial charge in [-0.2, -0.15) is 5.10 Å². The van der Waals surface area contributed by atoms with Crippen LogP contribution in [0.1, 0.15) is 5.56 Å². The van der Waals surface area contributed by atoms with E-state index in [9.17, 15) is 9.59 Å². The van der Waals surface area contributed by atoms with Crippen LogP contribution < -0.4 is 10.9 Å². The first-order chi connectivity index (χ1) is 14.0. The van der Waals surface area contributed by atoms with Crippen molar-refractivity contribution in [3.8, 4) is 11.3 Å². The Bertz CT molecular complexity index is 1000. The quantitative estimate of drug-likeness (QED) is 0.620. The molecule has 3 aromatic rings. The Morgan fingerprint density at radius 1 is 1.07 bits per heavy atom. The number of benzene rings is 2. The molecule has 0 bridgehead atoms. The summed E-state index contributed by atoms with van der Waals surface area (Å²) in [7, 11) is 2.00. The SMILES string of the molecule is CN(CCNC(=O)Cn1nc(-c2ccc(Cl)cc2)ccc1=O)Cc1ccccc1. The maximum absolute atomic E-state index is 12.3. The van der Waals surface area contributed by atoms with Gasteiger partial charge in [0.25, 0.3) is 5.56 Å². The van der Waals surface area contributed by atoms with Crippen molar-refractivity contribution in [1.82, 2.24) is 20.0 Å². The monoisotopic (exact) mass is 410 g/mol. The van der Waals surface area contributed by atoms with E-state index in [1.165, 1.54) is 16.3 Å². The van der Waals surface area contributed by atoms with Gasteiger partial charge in [0.2, 0.25) is 5.91 Å². The molecule has 6 nitrogen and oxygen atoms in total. The number of halogens is 1. The lowest BCUT2D eigenvalue weighted by molar-refractivity contribution is -0.121. The van der Waals surface area contributed by atoms with Gasteiger partial charge in [-0.1, -0.05) is 54.1 Å². The molecule has 0 radical (unpaired) electrons. The summed E-state index contributed by atoms with van der Waals surface area (Å²) in [5, 5.41) is 7.77. The molecule has 7 heteroatoms. The molecule has 1 amide bonds. The lowest BCUT2D eigenvalue weighted by Crippen LogP contribution is -2.37. The first-order valence-electron chi connectivity index (χ1n) is 9.34. The Kier molecular flexibility index (Phi) is 7.16. The highest BCUT2D eigenvalue weighted by molar-refractivity contribution is 6.30. The van der Waals surface area contributed by atoms with Gasteiger partial charge in [0, 0.05) is 36.3 Å². The Morgan fingerprint density at radius 3 is 2.52 bits per heavy atom. The number of nitrogens with one attached hydrogen (secondary N) is 1.